The third kappa shape index (κ3) is 4.24. The maximum Gasteiger partial charge on any atom is 0.229 e. The van der Waals surface area contributed by atoms with Crippen molar-refractivity contribution in [2.45, 2.75) is 13.3 Å². The van der Waals surface area contributed by atoms with E-state index in [4.69, 9.17) is 25.8 Å². The number of nitrogens with one attached hydrogen (secondary N) is 1. The van der Waals surface area contributed by atoms with Crippen LogP contribution in [-0.2, 0) is 9.59 Å². The molecule has 0 bridgehead atoms. The summed E-state index contributed by atoms with van der Waals surface area (Å²) in [7, 11) is 4.54. The van der Waals surface area contributed by atoms with Crippen LogP contribution in [0.3, 0.4) is 0 Å². The van der Waals surface area contributed by atoms with E-state index in [-0.39, 0.29) is 24.8 Å². The zero-order valence-electron chi connectivity index (χ0n) is 16.7. The Balaban J connectivity index is 1.80. The fourth-order valence-corrected chi connectivity index (χ4v) is 3.58. The molecule has 1 saturated heterocycles. The molecule has 0 unspecified atom stereocenters. The number of hydrogen-bond acceptors (Lipinski definition) is 5. The van der Waals surface area contributed by atoms with Gasteiger partial charge in [-0.05, 0) is 30.7 Å². The third-order valence-corrected chi connectivity index (χ3v) is 5.14. The monoisotopic (exact) mass is 418 g/mol. The number of anilines is 2. The van der Waals surface area contributed by atoms with Crippen LogP contribution in [0.15, 0.2) is 30.3 Å². The third-order valence-electron chi connectivity index (χ3n) is 4.90. The van der Waals surface area contributed by atoms with Crippen molar-refractivity contribution in [1.82, 2.24) is 0 Å². The second kappa shape index (κ2) is 8.61. The van der Waals surface area contributed by atoms with Gasteiger partial charge in [-0.3, -0.25) is 9.59 Å². The van der Waals surface area contributed by atoms with Crippen LogP contribution in [0.5, 0.6) is 17.2 Å². The Labute approximate surface area is 174 Å². The standard InChI is InChI=1S/C21H23ClN2O5/c1-12-7-14(22)5-6-16(12)23-21(26)13-8-19(25)24(11-13)15-9-17(27-2)20(29-4)18(10-15)28-3/h5-7,9-10,13H,8,11H2,1-4H3,(H,23,26)/t13-/m1/s1. The van der Waals surface area contributed by atoms with Gasteiger partial charge in [0.25, 0.3) is 0 Å². The van der Waals surface area contributed by atoms with Crippen molar-refractivity contribution in [3.05, 3.63) is 40.9 Å². The van der Waals surface area contributed by atoms with Crippen molar-refractivity contribution in [2.24, 2.45) is 5.92 Å². The molecule has 2 amide bonds. The molecule has 0 saturated carbocycles. The highest BCUT2D eigenvalue weighted by Gasteiger charge is 2.36. The molecule has 1 heterocycles. The zero-order valence-corrected chi connectivity index (χ0v) is 17.5. The number of nitrogens with zero attached hydrogens (tertiary/aromatic N) is 1. The van der Waals surface area contributed by atoms with E-state index >= 15 is 0 Å². The molecule has 1 aliphatic rings. The number of aryl methyl sites for hydroxylation is 1. The number of methoxy groups -OCH3 is 3. The van der Waals surface area contributed by atoms with Crippen LogP contribution in [0, 0.1) is 12.8 Å². The van der Waals surface area contributed by atoms with Crippen molar-refractivity contribution >= 4 is 34.8 Å². The molecule has 2 aromatic carbocycles. The highest BCUT2D eigenvalue weighted by Crippen LogP contribution is 2.42. The minimum Gasteiger partial charge on any atom is -0.493 e. The summed E-state index contributed by atoms with van der Waals surface area (Å²) in [4.78, 5) is 26.9. The van der Waals surface area contributed by atoms with E-state index < -0.39 is 5.92 Å². The van der Waals surface area contributed by atoms with Crippen molar-refractivity contribution < 1.29 is 23.8 Å². The molecule has 1 fully saturated rings. The summed E-state index contributed by atoms with van der Waals surface area (Å²) in [5.41, 5.74) is 2.12. The maximum atomic E-state index is 12.7. The first-order valence-corrected chi connectivity index (χ1v) is 9.43. The number of carbonyl (C=O) groups excluding carboxylic acids is 2. The molecule has 7 nitrogen and oxygen atoms in total. The van der Waals surface area contributed by atoms with Gasteiger partial charge in [0, 0.05) is 35.8 Å². The van der Waals surface area contributed by atoms with E-state index in [9.17, 15) is 9.59 Å². The summed E-state index contributed by atoms with van der Waals surface area (Å²) >= 11 is 5.96. The molecule has 1 N–H and O–H groups in total. The first-order valence-electron chi connectivity index (χ1n) is 9.05. The molecule has 0 aliphatic carbocycles. The van der Waals surface area contributed by atoms with Crippen LogP contribution in [0.1, 0.15) is 12.0 Å². The second-order valence-corrected chi connectivity index (χ2v) is 7.17. The van der Waals surface area contributed by atoms with E-state index in [1.165, 1.54) is 21.3 Å². The zero-order chi connectivity index (χ0) is 21.1. The van der Waals surface area contributed by atoms with Gasteiger partial charge in [-0.1, -0.05) is 11.6 Å². The Morgan fingerprint density at radius 1 is 1.10 bits per heavy atom. The normalized spacial score (nSPS) is 16.0. The molecule has 0 aromatic heterocycles. The fraction of sp³-hybridized carbons (Fsp3) is 0.333. The summed E-state index contributed by atoms with van der Waals surface area (Å²) in [6, 6.07) is 8.64. The van der Waals surface area contributed by atoms with Crippen LogP contribution in [-0.4, -0.2) is 39.7 Å². The van der Waals surface area contributed by atoms with Gasteiger partial charge in [-0.15, -0.1) is 0 Å². The smallest absolute Gasteiger partial charge is 0.229 e. The second-order valence-electron chi connectivity index (χ2n) is 6.74. The number of halogens is 1. The molecule has 0 radical (unpaired) electrons. The lowest BCUT2D eigenvalue weighted by atomic mass is 10.1. The molecule has 2 aromatic rings. The van der Waals surface area contributed by atoms with Gasteiger partial charge in [0.2, 0.25) is 17.6 Å². The average molecular weight is 419 g/mol. The number of benzene rings is 2. The first-order chi connectivity index (χ1) is 13.9. The fourth-order valence-electron chi connectivity index (χ4n) is 3.36. The molecule has 3 rings (SSSR count). The van der Waals surface area contributed by atoms with Gasteiger partial charge in [0.05, 0.1) is 32.9 Å². The molecule has 1 aliphatic heterocycles. The van der Waals surface area contributed by atoms with E-state index in [0.29, 0.717) is 33.6 Å². The summed E-state index contributed by atoms with van der Waals surface area (Å²) in [6.07, 6.45) is 0.120. The SMILES string of the molecule is COc1cc(N2C[C@H](C(=O)Nc3ccc(Cl)cc3C)CC2=O)cc(OC)c1OC. The van der Waals surface area contributed by atoms with E-state index in [0.717, 1.165) is 5.56 Å². The Morgan fingerprint density at radius 2 is 1.76 bits per heavy atom. The number of hydrogen-bond donors (Lipinski definition) is 1. The van der Waals surface area contributed by atoms with Gasteiger partial charge < -0.3 is 24.4 Å². The lowest BCUT2D eigenvalue weighted by molar-refractivity contribution is -0.122. The average Bonchev–Trinajstić information content (AvgIpc) is 3.10. The van der Waals surface area contributed by atoms with Crippen molar-refractivity contribution in [2.75, 3.05) is 38.1 Å². The summed E-state index contributed by atoms with van der Waals surface area (Å²) in [5, 5.41) is 3.49. The quantitative estimate of drug-likeness (QED) is 0.774. The van der Waals surface area contributed by atoms with Crippen molar-refractivity contribution in [1.29, 1.82) is 0 Å². The topological polar surface area (TPSA) is 77.1 Å². The van der Waals surface area contributed by atoms with Gasteiger partial charge >= 0.3 is 0 Å². The highest BCUT2D eigenvalue weighted by atomic mass is 35.5. The lowest BCUT2D eigenvalue weighted by Gasteiger charge is -2.20. The minimum absolute atomic E-state index is 0.120. The number of carbonyl (C=O) groups is 2. The Bertz CT molecular complexity index is 922. The van der Waals surface area contributed by atoms with Crippen LogP contribution >= 0.6 is 11.6 Å². The molecule has 29 heavy (non-hydrogen) atoms. The molecular formula is C21H23ClN2O5. The van der Waals surface area contributed by atoms with Gasteiger partial charge in [0.15, 0.2) is 11.5 Å². The Morgan fingerprint density at radius 3 is 2.31 bits per heavy atom. The predicted molar refractivity (Wildman–Crippen MR) is 111 cm³/mol. The van der Waals surface area contributed by atoms with Gasteiger partial charge in [-0.25, -0.2) is 0 Å². The van der Waals surface area contributed by atoms with Crippen molar-refractivity contribution in [3.63, 3.8) is 0 Å². The molecule has 154 valence electrons. The van der Waals surface area contributed by atoms with E-state index in [1.54, 1.807) is 35.2 Å². The van der Waals surface area contributed by atoms with Crippen LogP contribution < -0.4 is 24.4 Å². The minimum atomic E-state index is -0.475. The van der Waals surface area contributed by atoms with Crippen LogP contribution in [0.4, 0.5) is 11.4 Å². The lowest BCUT2D eigenvalue weighted by Crippen LogP contribution is -2.28. The largest absolute Gasteiger partial charge is 0.493 e. The molecule has 1 atom stereocenters. The summed E-state index contributed by atoms with van der Waals surface area (Å²) < 4.78 is 16.0. The number of amides is 2. The highest BCUT2D eigenvalue weighted by molar-refractivity contribution is 6.30. The first kappa shape index (κ1) is 20.8. The molecule has 0 spiro atoms. The van der Waals surface area contributed by atoms with Crippen LogP contribution in [0.2, 0.25) is 5.02 Å². The van der Waals surface area contributed by atoms with Crippen LogP contribution in [0.25, 0.3) is 0 Å². The maximum absolute atomic E-state index is 12.7. The number of rotatable bonds is 6. The predicted octanol–water partition coefficient (Wildman–Crippen LogP) is 3.67. The van der Waals surface area contributed by atoms with Gasteiger partial charge in [0.1, 0.15) is 0 Å². The van der Waals surface area contributed by atoms with Gasteiger partial charge in [-0.2, -0.15) is 0 Å². The molecule has 8 heteroatoms. The number of ether oxygens (including phenoxy) is 3. The summed E-state index contributed by atoms with van der Waals surface area (Å²) in [6.45, 7) is 2.12. The molecular weight excluding hydrogens is 396 g/mol. The van der Waals surface area contributed by atoms with Crippen molar-refractivity contribution in [3.8, 4) is 17.2 Å². The summed E-state index contributed by atoms with van der Waals surface area (Å²) in [5.74, 6) is 0.499. The van der Waals surface area contributed by atoms with E-state index in [1.807, 2.05) is 6.92 Å². The Kier molecular flexibility index (Phi) is 6.17. The van der Waals surface area contributed by atoms with E-state index in [2.05, 4.69) is 5.32 Å². The Hall–Kier alpha value is -2.93.